The molecule has 0 bridgehead atoms. The number of ether oxygens (including phenoxy) is 2. The zero-order chi connectivity index (χ0) is 20.1. The Hall–Kier alpha value is -1.59. The molecule has 0 fully saturated rings. The van der Waals surface area contributed by atoms with Crippen molar-refractivity contribution in [3.8, 4) is 0 Å². The molecule has 0 spiro atoms. The fourth-order valence-electron chi connectivity index (χ4n) is 2.85. The second kappa shape index (κ2) is 14.4. The molecule has 1 rings (SSSR count). The van der Waals surface area contributed by atoms with E-state index >= 15 is 0 Å². The van der Waals surface area contributed by atoms with Crippen molar-refractivity contribution >= 4 is 11.9 Å². The van der Waals surface area contributed by atoms with Gasteiger partial charge in [-0.2, -0.15) is 0 Å². The summed E-state index contributed by atoms with van der Waals surface area (Å²) in [7, 11) is 6.04. The van der Waals surface area contributed by atoms with Gasteiger partial charge in [-0.1, -0.05) is 62.9 Å². The Morgan fingerprint density at radius 3 is 2.21 bits per heavy atom. The highest BCUT2D eigenvalue weighted by atomic mass is 35.5. The molecule has 6 heteroatoms. The Morgan fingerprint density at radius 2 is 1.61 bits per heavy atom. The maximum absolute atomic E-state index is 12.2. The van der Waals surface area contributed by atoms with Crippen LogP contribution in [-0.4, -0.2) is 50.2 Å². The molecule has 0 radical (unpaired) electrons. The molecule has 0 heterocycles. The maximum Gasteiger partial charge on any atom is 0.310 e. The van der Waals surface area contributed by atoms with E-state index < -0.39 is 6.10 Å². The first kappa shape index (κ1) is 26.4. The molecule has 0 N–H and O–H groups in total. The number of unbranched alkanes of at least 4 members (excludes halogenated alkanes) is 4. The van der Waals surface area contributed by atoms with E-state index in [-0.39, 0.29) is 37.4 Å². The van der Waals surface area contributed by atoms with Gasteiger partial charge in [0.2, 0.25) is 0 Å². The van der Waals surface area contributed by atoms with Crippen LogP contribution in [0.25, 0.3) is 0 Å². The third-order valence-electron chi connectivity index (χ3n) is 4.17. The van der Waals surface area contributed by atoms with Crippen molar-refractivity contribution in [2.45, 2.75) is 64.6 Å². The molecule has 0 saturated carbocycles. The molecule has 1 aromatic carbocycles. The lowest BCUT2D eigenvalue weighted by atomic mass is 10.1. The molecule has 160 valence electrons. The summed E-state index contributed by atoms with van der Waals surface area (Å²) in [5, 5.41) is 0. The first-order valence-corrected chi connectivity index (χ1v) is 9.99. The molecular weight excluding hydrogens is 378 g/mol. The predicted molar refractivity (Wildman–Crippen MR) is 107 cm³/mol. The van der Waals surface area contributed by atoms with Crippen molar-refractivity contribution < 1.29 is 36.0 Å². The van der Waals surface area contributed by atoms with Gasteiger partial charge in [-0.05, 0) is 12.0 Å². The van der Waals surface area contributed by atoms with E-state index in [0.717, 1.165) is 24.8 Å². The van der Waals surface area contributed by atoms with Crippen molar-refractivity contribution in [2.24, 2.45) is 0 Å². The average Bonchev–Trinajstić information content (AvgIpc) is 2.59. The van der Waals surface area contributed by atoms with Crippen LogP contribution < -0.4 is 12.4 Å². The van der Waals surface area contributed by atoms with Crippen LogP contribution in [0.4, 0.5) is 0 Å². The minimum Gasteiger partial charge on any atom is -1.00 e. The maximum atomic E-state index is 12.2. The van der Waals surface area contributed by atoms with Crippen LogP contribution in [0.5, 0.6) is 0 Å². The second-order valence-electron chi connectivity index (χ2n) is 8.10. The van der Waals surface area contributed by atoms with Gasteiger partial charge in [0.15, 0.2) is 6.10 Å². The summed E-state index contributed by atoms with van der Waals surface area (Å²) >= 11 is 0. The molecule has 5 nitrogen and oxygen atoms in total. The molecule has 28 heavy (non-hydrogen) atoms. The SMILES string of the molecule is CCCCCCCC(=O)O[C@H](CC(=O)OCc1ccccc1)C[N+](C)(C)C.[Cl-]. The number of likely N-dealkylation sites (N-methyl/N-ethyl adjacent to an activating group) is 1. The van der Waals surface area contributed by atoms with Crippen molar-refractivity contribution in [3.05, 3.63) is 35.9 Å². The Balaban J connectivity index is 0.00000729. The Kier molecular flexibility index (Phi) is 13.6. The minimum absolute atomic E-state index is 0. The summed E-state index contributed by atoms with van der Waals surface area (Å²) in [5.74, 6) is -0.561. The van der Waals surface area contributed by atoms with Crippen LogP contribution in [0.2, 0.25) is 0 Å². The smallest absolute Gasteiger partial charge is 0.310 e. The molecule has 0 unspecified atom stereocenters. The van der Waals surface area contributed by atoms with Gasteiger partial charge < -0.3 is 26.4 Å². The summed E-state index contributed by atoms with van der Waals surface area (Å²) in [6, 6.07) is 9.56. The van der Waals surface area contributed by atoms with Crippen molar-refractivity contribution in [1.82, 2.24) is 0 Å². The number of carbonyl (C=O) groups is 2. The number of quaternary nitrogens is 1. The van der Waals surface area contributed by atoms with E-state index in [4.69, 9.17) is 9.47 Å². The quantitative estimate of drug-likeness (QED) is 0.276. The molecular formula is C22H36ClNO4. The van der Waals surface area contributed by atoms with Crippen LogP contribution in [0, 0.1) is 0 Å². The fraction of sp³-hybridized carbons (Fsp3) is 0.636. The predicted octanol–water partition coefficient (Wildman–Crippen LogP) is 1.10. The zero-order valence-corrected chi connectivity index (χ0v) is 18.5. The zero-order valence-electron chi connectivity index (χ0n) is 17.8. The monoisotopic (exact) mass is 413 g/mol. The van der Waals surface area contributed by atoms with Gasteiger partial charge in [0, 0.05) is 6.42 Å². The number of hydrogen-bond acceptors (Lipinski definition) is 4. The highest BCUT2D eigenvalue weighted by Gasteiger charge is 2.25. The van der Waals surface area contributed by atoms with Crippen LogP contribution in [0.3, 0.4) is 0 Å². The number of rotatable bonds is 13. The first-order chi connectivity index (χ1) is 12.8. The number of esters is 2. The van der Waals surface area contributed by atoms with E-state index in [1.54, 1.807) is 0 Å². The fourth-order valence-corrected chi connectivity index (χ4v) is 2.85. The van der Waals surface area contributed by atoms with Gasteiger partial charge >= 0.3 is 11.9 Å². The molecule has 0 aliphatic carbocycles. The average molecular weight is 414 g/mol. The second-order valence-corrected chi connectivity index (χ2v) is 8.10. The number of benzene rings is 1. The summed E-state index contributed by atoms with van der Waals surface area (Å²) in [5.41, 5.74) is 0.943. The molecule has 0 aromatic heterocycles. The van der Waals surface area contributed by atoms with Crippen LogP contribution in [0.15, 0.2) is 30.3 Å². The standard InChI is InChI=1S/C22H36NO4.ClH/c1-5-6-7-8-12-15-21(24)27-20(17-23(2,3)4)16-22(25)26-18-19-13-10-9-11-14-19;/h9-11,13-14,20H,5-8,12,15-18H2,1-4H3;1H/q+1;/p-1/t20-;/m1./s1. The summed E-state index contributed by atoms with van der Waals surface area (Å²) < 4.78 is 11.6. The van der Waals surface area contributed by atoms with Gasteiger partial charge in [0.25, 0.3) is 0 Å². The summed E-state index contributed by atoms with van der Waals surface area (Å²) in [6.07, 6.45) is 5.46. The molecule has 0 amide bonds. The Labute approximate surface area is 176 Å². The number of carbonyl (C=O) groups excluding carboxylic acids is 2. The van der Waals surface area contributed by atoms with Crippen molar-refractivity contribution in [1.29, 1.82) is 0 Å². The van der Waals surface area contributed by atoms with E-state index in [9.17, 15) is 9.59 Å². The van der Waals surface area contributed by atoms with Gasteiger partial charge in [0.1, 0.15) is 13.2 Å². The van der Waals surface area contributed by atoms with Crippen LogP contribution in [-0.2, 0) is 25.7 Å². The molecule has 0 saturated heterocycles. The normalized spacial score (nSPS) is 12.0. The Bertz CT molecular complexity index is 557. The van der Waals surface area contributed by atoms with Crippen LogP contribution in [0.1, 0.15) is 57.4 Å². The van der Waals surface area contributed by atoms with Crippen molar-refractivity contribution in [2.75, 3.05) is 27.7 Å². The largest absolute Gasteiger partial charge is 1.00 e. The first-order valence-electron chi connectivity index (χ1n) is 9.99. The van der Waals surface area contributed by atoms with E-state index in [0.29, 0.717) is 17.4 Å². The molecule has 0 aliphatic heterocycles. The van der Waals surface area contributed by atoms with Gasteiger partial charge in [-0.25, -0.2) is 0 Å². The van der Waals surface area contributed by atoms with Crippen LogP contribution >= 0.6 is 0 Å². The van der Waals surface area contributed by atoms with E-state index in [2.05, 4.69) is 6.92 Å². The lowest BCUT2D eigenvalue weighted by molar-refractivity contribution is -0.873. The number of hydrogen-bond donors (Lipinski definition) is 0. The summed E-state index contributed by atoms with van der Waals surface area (Å²) in [4.78, 5) is 24.4. The third kappa shape index (κ3) is 13.6. The number of nitrogens with zero attached hydrogens (tertiary/aromatic N) is 1. The third-order valence-corrected chi connectivity index (χ3v) is 4.17. The Morgan fingerprint density at radius 1 is 0.964 bits per heavy atom. The van der Waals surface area contributed by atoms with E-state index in [1.807, 2.05) is 51.5 Å². The lowest BCUT2D eigenvalue weighted by Gasteiger charge is -2.28. The summed E-state index contributed by atoms with van der Waals surface area (Å²) in [6.45, 7) is 2.98. The molecule has 1 atom stereocenters. The van der Waals surface area contributed by atoms with E-state index in [1.165, 1.54) is 12.8 Å². The van der Waals surface area contributed by atoms with Gasteiger partial charge in [0.05, 0.1) is 27.6 Å². The molecule has 1 aromatic rings. The topological polar surface area (TPSA) is 52.6 Å². The van der Waals surface area contributed by atoms with Crippen molar-refractivity contribution in [3.63, 3.8) is 0 Å². The molecule has 0 aliphatic rings. The lowest BCUT2D eigenvalue weighted by Crippen LogP contribution is -3.00. The van der Waals surface area contributed by atoms with Gasteiger partial charge in [-0.15, -0.1) is 0 Å². The number of halogens is 1. The highest BCUT2D eigenvalue weighted by Crippen LogP contribution is 2.11. The highest BCUT2D eigenvalue weighted by molar-refractivity contribution is 5.72. The minimum atomic E-state index is -0.462. The van der Waals surface area contributed by atoms with Gasteiger partial charge in [-0.3, -0.25) is 9.59 Å².